The number of hydrogen-bond acceptors (Lipinski definition) is 5. The predicted molar refractivity (Wildman–Crippen MR) is 99.8 cm³/mol. The number of ether oxygens (including phenoxy) is 1. The molecule has 27 heavy (non-hydrogen) atoms. The molecule has 138 valence electrons. The van der Waals surface area contributed by atoms with E-state index in [-0.39, 0.29) is 12.2 Å². The van der Waals surface area contributed by atoms with Crippen molar-refractivity contribution in [3.63, 3.8) is 0 Å². The normalized spacial score (nSPS) is 18.3. The lowest BCUT2D eigenvalue weighted by atomic mass is 9.76. The molecule has 3 aromatic rings. The predicted octanol–water partition coefficient (Wildman–Crippen LogP) is 3.78. The van der Waals surface area contributed by atoms with Crippen LogP contribution in [0.4, 0.5) is 4.39 Å². The third-order valence-corrected chi connectivity index (χ3v) is 6.21. The smallest absolute Gasteiger partial charge is 0.314 e. The largest absolute Gasteiger partial charge is 0.495 e. The van der Waals surface area contributed by atoms with Gasteiger partial charge in [-0.25, -0.2) is 14.4 Å². The molecule has 0 aliphatic heterocycles. The average Bonchev–Trinajstić information content (AvgIpc) is 3.21. The van der Waals surface area contributed by atoms with E-state index in [4.69, 9.17) is 4.74 Å². The highest BCUT2D eigenvalue weighted by molar-refractivity contribution is 7.15. The fraction of sp³-hybridized carbons (Fsp3) is 0.250. The van der Waals surface area contributed by atoms with E-state index < -0.39 is 11.4 Å². The van der Waals surface area contributed by atoms with Gasteiger partial charge in [0.2, 0.25) is 0 Å². The zero-order valence-electron chi connectivity index (χ0n) is 14.8. The molecule has 2 aromatic heterocycles. The van der Waals surface area contributed by atoms with Crippen molar-refractivity contribution in [2.75, 3.05) is 7.11 Å². The Labute approximate surface area is 159 Å². The van der Waals surface area contributed by atoms with Crippen molar-refractivity contribution in [2.45, 2.75) is 25.2 Å². The van der Waals surface area contributed by atoms with Crippen LogP contribution in [0.3, 0.4) is 0 Å². The van der Waals surface area contributed by atoms with E-state index in [0.29, 0.717) is 23.3 Å². The summed E-state index contributed by atoms with van der Waals surface area (Å²) in [5.74, 6) is -0.681. The fourth-order valence-electron chi connectivity index (χ4n) is 3.60. The van der Waals surface area contributed by atoms with Crippen LogP contribution < -0.4 is 4.74 Å². The zero-order chi connectivity index (χ0) is 19.2. The number of benzene rings is 1. The molecule has 4 rings (SSSR count). The van der Waals surface area contributed by atoms with E-state index in [1.165, 1.54) is 17.4 Å². The number of aromatic nitrogens is 2. The molecule has 1 aliphatic rings. The Morgan fingerprint density at radius 1 is 1.30 bits per heavy atom. The van der Waals surface area contributed by atoms with Gasteiger partial charge in [0.1, 0.15) is 22.0 Å². The molecule has 1 N–H and O–H groups in total. The fourth-order valence-corrected chi connectivity index (χ4v) is 4.77. The van der Waals surface area contributed by atoms with Crippen LogP contribution >= 0.6 is 11.3 Å². The zero-order valence-corrected chi connectivity index (χ0v) is 15.6. The number of rotatable bonds is 4. The number of aliphatic carboxylic acids is 1. The molecule has 0 saturated heterocycles. The van der Waals surface area contributed by atoms with Crippen molar-refractivity contribution in [3.8, 4) is 16.5 Å². The third-order valence-electron chi connectivity index (χ3n) is 5.09. The number of hydrogen-bond donors (Lipinski definition) is 1. The quantitative estimate of drug-likeness (QED) is 0.741. The molecule has 7 heteroatoms. The minimum atomic E-state index is -1.17. The number of fused-ring (bicyclic) bond motifs is 1. The maximum Gasteiger partial charge on any atom is 0.314 e. The first kappa shape index (κ1) is 17.6. The van der Waals surface area contributed by atoms with Crippen LogP contribution in [-0.2, 0) is 23.1 Å². The molecular formula is C20H17FN2O3S. The van der Waals surface area contributed by atoms with Gasteiger partial charge >= 0.3 is 5.97 Å². The van der Waals surface area contributed by atoms with Gasteiger partial charge in [-0.05, 0) is 36.2 Å². The van der Waals surface area contributed by atoms with Gasteiger partial charge in [-0.3, -0.25) is 4.79 Å². The Hall–Kier alpha value is -2.80. The van der Waals surface area contributed by atoms with E-state index in [0.717, 1.165) is 21.3 Å². The average molecular weight is 384 g/mol. The van der Waals surface area contributed by atoms with Crippen LogP contribution in [0.15, 0.2) is 36.5 Å². The molecule has 0 spiro atoms. The molecule has 1 atom stereocenters. The molecule has 2 heterocycles. The summed E-state index contributed by atoms with van der Waals surface area (Å²) >= 11 is 1.44. The van der Waals surface area contributed by atoms with Gasteiger partial charge < -0.3 is 9.84 Å². The van der Waals surface area contributed by atoms with E-state index >= 15 is 0 Å². The molecule has 1 unspecified atom stereocenters. The Morgan fingerprint density at radius 3 is 2.74 bits per heavy atom. The maximum absolute atomic E-state index is 14.0. The Morgan fingerprint density at radius 2 is 2.11 bits per heavy atom. The molecule has 0 radical (unpaired) electrons. The lowest BCUT2D eigenvalue weighted by molar-refractivity contribution is -0.143. The standard InChI is InChI=1S/C20H17FN2O3S/c1-11-13(4-3-5-14(11)21)20(19(24)25)8-16-17(9-20)27-18(23-16)15-7-6-12(26-2)10-22-15/h3-7,10H,8-9H2,1-2H3,(H,24,25). The third kappa shape index (κ3) is 2.78. The van der Waals surface area contributed by atoms with Crippen LogP contribution in [0.1, 0.15) is 21.7 Å². The Bertz CT molecular complexity index is 1010. The first-order valence-electron chi connectivity index (χ1n) is 8.42. The monoisotopic (exact) mass is 384 g/mol. The highest BCUT2D eigenvalue weighted by Crippen LogP contribution is 2.45. The number of carboxylic acid groups (broad SMARTS) is 1. The molecule has 5 nitrogen and oxygen atoms in total. The highest BCUT2D eigenvalue weighted by atomic mass is 32.1. The van der Waals surface area contributed by atoms with Gasteiger partial charge in [0, 0.05) is 17.7 Å². The lowest BCUT2D eigenvalue weighted by Gasteiger charge is -2.26. The van der Waals surface area contributed by atoms with Gasteiger partial charge in [0.25, 0.3) is 0 Å². The number of thiazole rings is 1. The van der Waals surface area contributed by atoms with Crippen molar-refractivity contribution in [1.29, 1.82) is 0 Å². The minimum absolute atomic E-state index is 0.245. The number of carbonyl (C=O) groups is 1. The second-order valence-electron chi connectivity index (χ2n) is 6.63. The Balaban J connectivity index is 1.71. The molecule has 0 saturated carbocycles. The summed E-state index contributed by atoms with van der Waals surface area (Å²) in [4.78, 5) is 22.1. The summed E-state index contributed by atoms with van der Waals surface area (Å²) in [6.45, 7) is 1.63. The van der Waals surface area contributed by atoms with Crippen molar-refractivity contribution >= 4 is 17.3 Å². The summed E-state index contributed by atoms with van der Waals surface area (Å²) < 4.78 is 19.2. The van der Waals surface area contributed by atoms with Crippen LogP contribution in [0.25, 0.3) is 10.7 Å². The molecule has 1 aliphatic carbocycles. The Kier molecular flexibility index (Phi) is 4.19. The summed E-state index contributed by atoms with van der Waals surface area (Å²) in [5.41, 5.74) is 1.19. The number of carboxylic acids is 1. The van der Waals surface area contributed by atoms with Gasteiger partial charge in [0.15, 0.2) is 0 Å². The molecule has 1 aromatic carbocycles. The van der Waals surface area contributed by atoms with Gasteiger partial charge in [-0.2, -0.15) is 0 Å². The number of nitrogens with zero attached hydrogens (tertiary/aromatic N) is 2. The molecular weight excluding hydrogens is 367 g/mol. The van der Waals surface area contributed by atoms with Crippen LogP contribution in [0.5, 0.6) is 5.75 Å². The molecule has 0 fully saturated rings. The topological polar surface area (TPSA) is 72.3 Å². The summed E-state index contributed by atoms with van der Waals surface area (Å²) in [6, 6.07) is 8.26. The van der Waals surface area contributed by atoms with Gasteiger partial charge in [0.05, 0.1) is 24.7 Å². The van der Waals surface area contributed by atoms with Crippen molar-refractivity contribution in [1.82, 2.24) is 9.97 Å². The highest BCUT2D eigenvalue weighted by Gasteiger charge is 2.48. The van der Waals surface area contributed by atoms with Crippen molar-refractivity contribution in [2.24, 2.45) is 0 Å². The molecule has 0 amide bonds. The van der Waals surface area contributed by atoms with E-state index in [2.05, 4.69) is 9.97 Å². The SMILES string of the molecule is COc1ccc(-c2nc3c(s2)CC(C(=O)O)(c2cccc(F)c2C)C3)nc1. The summed E-state index contributed by atoms with van der Waals surface area (Å²) in [7, 11) is 1.58. The first-order valence-corrected chi connectivity index (χ1v) is 9.24. The molecule has 0 bridgehead atoms. The van der Waals surface area contributed by atoms with E-state index in [1.807, 2.05) is 12.1 Å². The van der Waals surface area contributed by atoms with Crippen LogP contribution in [-0.4, -0.2) is 28.2 Å². The van der Waals surface area contributed by atoms with E-state index in [1.54, 1.807) is 32.4 Å². The van der Waals surface area contributed by atoms with E-state index in [9.17, 15) is 14.3 Å². The minimum Gasteiger partial charge on any atom is -0.495 e. The second kappa shape index (κ2) is 6.42. The summed E-state index contributed by atoms with van der Waals surface area (Å²) in [5, 5.41) is 10.7. The number of pyridine rings is 1. The number of halogens is 1. The summed E-state index contributed by atoms with van der Waals surface area (Å²) in [6.07, 6.45) is 2.17. The first-order chi connectivity index (χ1) is 12.9. The van der Waals surface area contributed by atoms with Crippen LogP contribution in [0.2, 0.25) is 0 Å². The van der Waals surface area contributed by atoms with Gasteiger partial charge in [-0.1, -0.05) is 12.1 Å². The maximum atomic E-state index is 14.0. The van der Waals surface area contributed by atoms with Gasteiger partial charge in [-0.15, -0.1) is 11.3 Å². The lowest BCUT2D eigenvalue weighted by Crippen LogP contribution is -2.37. The second-order valence-corrected chi connectivity index (χ2v) is 7.71. The van der Waals surface area contributed by atoms with Crippen molar-refractivity contribution in [3.05, 3.63) is 64.0 Å². The van der Waals surface area contributed by atoms with Crippen LogP contribution in [0, 0.1) is 12.7 Å². The number of methoxy groups -OCH3 is 1. The van der Waals surface area contributed by atoms with Crippen molar-refractivity contribution < 1.29 is 19.0 Å².